The maximum atomic E-state index is 5.66. The van der Waals surface area contributed by atoms with Crippen molar-refractivity contribution in [1.29, 1.82) is 0 Å². The lowest BCUT2D eigenvalue weighted by atomic mass is 10.2. The van der Waals surface area contributed by atoms with Crippen LogP contribution in [0.4, 0.5) is 0 Å². The smallest absolute Gasteiger partial charge is 0.142 e. The largest absolute Gasteiger partial charge is 0.338 e. The second-order valence-electron chi connectivity index (χ2n) is 4.81. The first-order valence-electron chi connectivity index (χ1n) is 6.29. The zero-order chi connectivity index (χ0) is 13.6. The lowest BCUT2D eigenvalue weighted by Gasteiger charge is -1.96. The molecule has 0 amide bonds. The van der Waals surface area contributed by atoms with Crippen molar-refractivity contribution < 1.29 is 0 Å². The Labute approximate surface area is 111 Å². The van der Waals surface area contributed by atoms with Crippen molar-refractivity contribution in [3.8, 4) is 11.4 Å². The fourth-order valence-electron chi connectivity index (χ4n) is 2.42. The first kappa shape index (κ1) is 11.9. The number of aryl methyl sites for hydroxylation is 2. The Kier molecular flexibility index (Phi) is 2.64. The van der Waals surface area contributed by atoms with Crippen molar-refractivity contribution >= 4 is 11.0 Å². The van der Waals surface area contributed by atoms with Crippen molar-refractivity contribution in [3.63, 3.8) is 0 Å². The number of nitrogens with two attached hydrogens (primary N) is 1. The fraction of sp³-hybridized carbons (Fsp3) is 0.286. The van der Waals surface area contributed by atoms with Crippen LogP contribution in [0.25, 0.3) is 22.4 Å². The summed E-state index contributed by atoms with van der Waals surface area (Å²) in [5.41, 5.74) is 11.9. The second kappa shape index (κ2) is 4.20. The van der Waals surface area contributed by atoms with Crippen LogP contribution in [0.15, 0.2) is 18.2 Å². The van der Waals surface area contributed by atoms with Gasteiger partial charge in [-0.1, -0.05) is 6.07 Å². The molecule has 2 aromatic heterocycles. The van der Waals surface area contributed by atoms with Crippen LogP contribution < -0.4 is 5.73 Å². The topological polar surface area (TPSA) is 72.5 Å². The van der Waals surface area contributed by atoms with Crippen LogP contribution in [0.3, 0.4) is 0 Å². The third kappa shape index (κ3) is 1.82. The van der Waals surface area contributed by atoms with Crippen LogP contribution in [0, 0.1) is 13.8 Å². The molecule has 0 bridgehead atoms. The van der Waals surface area contributed by atoms with Gasteiger partial charge < -0.3 is 10.7 Å². The molecule has 0 aliphatic rings. The summed E-state index contributed by atoms with van der Waals surface area (Å²) in [6, 6.07) is 6.06. The summed E-state index contributed by atoms with van der Waals surface area (Å²) in [6.07, 6.45) is 0. The van der Waals surface area contributed by atoms with Crippen LogP contribution in [0.2, 0.25) is 0 Å². The molecule has 0 saturated heterocycles. The number of aromatic amines is 1. The minimum Gasteiger partial charge on any atom is -0.338 e. The van der Waals surface area contributed by atoms with Crippen LogP contribution in [-0.2, 0) is 13.6 Å². The number of hydrogen-bond donors (Lipinski definition) is 2. The first-order valence-corrected chi connectivity index (χ1v) is 6.29. The fourth-order valence-corrected chi connectivity index (χ4v) is 2.42. The molecule has 2 heterocycles. The Morgan fingerprint density at radius 1 is 1.32 bits per heavy atom. The van der Waals surface area contributed by atoms with Crippen molar-refractivity contribution in [3.05, 3.63) is 35.2 Å². The summed E-state index contributed by atoms with van der Waals surface area (Å²) in [5.74, 6) is 0.868. The Hall–Kier alpha value is -2.14. The third-order valence-electron chi connectivity index (χ3n) is 3.53. The van der Waals surface area contributed by atoms with Gasteiger partial charge in [-0.15, -0.1) is 0 Å². The molecule has 5 nitrogen and oxygen atoms in total. The van der Waals surface area contributed by atoms with Crippen LogP contribution in [-0.4, -0.2) is 19.7 Å². The Balaban J connectivity index is 2.20. The second-order valence-corrected chi connectivity index (χ2v) is 4.81. The van der Waals surface area contributed by atoms with E-state index in [0.29, 0.717) is 6.54 Å². The molecule has 0 spiro atoms. The summed E-state index contributed by atoms with van der Waals surface area (Å²) in [7, 11) is 1.95. The monoisotopic (exact) mass is 255 g/mol. The highest BCUT2D eigenvalue weighted by atomic mass is 15.3. The average molecular weight is 255 g/mol. The molecule has 3 N–H and O–H groups in total. The maximum Gasteiger partial charge on any atom is 0.142 e. The summed E-state index contributed by atoms with van der Waals surface area (Å²) in [5, 5.41) is 4.43. The van der Waals surface area contributed by atoms with E-state index in [0.717, 1.165) is 39.4 Å². The van der Waals surface area contributed by atoms with E-state index in [-0.39, 0.29) is 0 Å². The van der Waals surface area contributed by atoms with Crippen LogP contribution >= 0.6 is 0 Å². The molecule has 19 heavy (non-hydrogen) atoms. The average Bonchev–Trinajstić information content (AvgIpc) is 2.90. The van der Waals surface area contributed by atoms with E-state index in [1.165, 1.54) is 0 Å². The predicted molar refractivity (Wildman–Crippen MR) is 75.7 cm³/mol. The van der Waals surface area contributed by atoms with Gasteiger partial charge in [0, 0.05) is 19.3 Å². The van der Waals surface area contributed by atoms with E-state index in [9.17, 15) is 0 Å². The van der Waals surface area contributed by atoms with Gasteiger partial charge in [-0.3, -0.25) is 4.68 Å². The van der Waals surface area contributed by atoms with Gasteiger partial charge in [0.2, 0.25) is 0 Å². The molecule has 0 unspecified atom stereocenters. The number of nitrogens with zero attached hydrogens (tertiary/aromatic N) is 3. The number of nitrogens with one attached hydrogen (secondary N) is 1. The summed E-state index contributed by atoms with van der Waals surface area (Å²) in [4.78, 5) is 8.01. The molecule has 0 aliphatic heterocycles. The first-order chi connectivity index (χ1) is 9.10. The molecule has 0 fully saturated rings. The number of imidazole rings is 1. The molecule has 5 heteroatoms. The standard InChI is InChI=1S/C14H17N5/c1-8-13(9(2)19(3)18-8)14-16-11-5-4-10(7-15)6-12(11)17-14/h4-6H,7,15H2,1-3H3,(H,16,17). The maximum absolute atomic E-state index is 5.66. The number of fused-ring (bicyclic) bond motifs is 1. The molecule has 0 aliphatic carbocycles. The quantitative estimate of drug-likeness (QED) is 0.736. The van der Waals surface area contributed by atoms with Gasteiger partial charge in [-0.05, 0) is 31.5 Å². The SMILES string of the molecule is Cc1nn(C)c(C)c1-c1nc2ccc(CN)cc2[nH]1. The third-order valence-corrected chi connectivity index (χ3v) is 3.53. The van der Waals surface area contributed by atoms with Gasteiger partial charge in [-0.25, -0.2) is 4.98 Å². The van der Waals surface area contributed by atoms with E-state index in [4.69, 9.17) is 5.73 Å². The number of aromatic nitrogens is 4. The molecule has 0 atom stereocenters. The van der Waals surface area contributed by atoms with Crippen LogP contribution in [0.1, 0.15) is 17.0 Å². The van der Waals surface area contributed by atoms with Crippen molar-refractivity contribution in [1.82, 2.24) is 19.7 Å². The Morgan fingerprint density at radius 3 is 2.74 bits per heavy atom. The van der Waals surface area contributed by atoms with Crippen molar-refractivity contribution in [2.75, 3.05) is 0 Å². The van der Waals surface area contributed by atoms with Gasteiger partial charge in [0.25, 0.3) is 0 Å². The Bertz CT molecular complexity index is 751. The van der Waals surface area contributed by atoms with Crippen molar-refractivity contribution in [2.24, 2.45) is 12.8 Å². The van der Waals surface area contributed by atoms with E-state index in [1.54, 1.807) is 0 Å². The molecule has 3 rings (SSSR count). The zero-order valence-corrected chi connectivity index (χ0v) is 11.4. The zero-order valence-electron chi connectivity index (χ0n) is 11.4. The van der Waals surface area contributed by atoms with Gasteiger partial charge >= 0.3 is 0 Å². The van der Waals surface area contributed by atoms with E-state index < -0.39 is 0 Å². The van der Waals surface area contributed by atoms with Gasteiger partial charge in [0.15, 0.2) is 0 Å². The van der Waals surface area contributed by atoms with Crippen LogP contribution in [0.5, 0.6) is 0 Å². The van der Waals surface area contributed by atoms with Gasteiger partial charge in [0.1, 0.15) is 5.82 Å². The molecule has 0 saturated carbocycles. The molecule has 1 aromatic carbocycles. The van der Waals surface area contributed by atoms with E-state index >= 15 is 0 Å². The summed E-state index contributed by atoms with van der Waals surface area (Å²) >= 11 is 0. The minimum atomic E-state index is 0.537. The number of hydrogen-bond acceptors (Lipinski definition) is 3. The van der Waals surface area contributed by atoms with E-state index in [2.05, 4.69) is 15.1 Å². The molecule has 0 radical (unpaired) electrons. The molecule has 98 valence electrons. The molecular formula is C14H17N5. The summed E-state index contributed by atoms with van der Waals surface area (Å²) < 4.78 is 1.88. The predicted octanol–water partition coefficient (Wildman–Crippen LogP) is 2.04. The van der Waals surface area contributed by atoms with Gasteiger partial charge in [-0.2, -0.15) is 5.10 Å². The highest BCUT2D eigenvalue weighted by molar-refractivity contribution is 5.80. The summed E-state index contributed by atoms with van der Waals surface area (Å²) in [6.45, 7) is 4.59. The normalized spacial score (nSPS) is 11.4. The van der Waals surface area contributed by atoms with Gasteiger partial charge in [0.05, 0.1) is 22.3 Å². The number of H-pyrrole nitrogens is 1. The lowest BCUT2D eigenvalue weighted by Crippen LogP contribution is -1.95. The number of rotatable bonds is 2. The molecular weight excluding hydrogens is 238 g/mol. The minimum absolute atomic E-state index is 0.537. The Morgan fingerprint density at radius 2 is 2.11 bits per heavy atom. The van der Waals surface area contributed by atoms with E-state index in [1.807, 2.05) is 43.8 Å². The molecule has 3 aromatic rings. The highest BCUT2D eigenvalue weighted by Gasteiger charge is 2.15. The lowest BCUT2D eigenvalue weighted by molar-refractivity contribution is 0.731. The highest BCUT2D eigenvalue weighted by Crippen LogP contribution is 2.26. The van der Waals surface area contributed by atoms with Crippen molar-refractivity contribution in [2.45, 2.75) is 20.4 Å². The number of benzene rings is 1.